The van der Waals surface area contributed by atoms with Crippen LogP contribution in [0.15, 0.2) is 52.2 Å². The summed E-state index contributed by atoms with van der Waals surface area (Å²) < 4.78 is 0. The second-order valence-electron chi connectivity index (χ2n) is 7.83. The van der Waals surface area contributed by atoms with Gasteiger partial charge in [0.2, 0.25) is 0 Å². The van der Waals surface area contributed by atoms with E-state index in [0.29, 0.717) is 51.4 Å². The van der Waals surface area contributed by atoms with Gasteiger partial charge in [-0.05, 0) is 48.6 Å². The zero-order valence-electron chi connectivity index (χ0n) is 19.2. The average molecular weight is 506 g/mol. The van der Waals surface area contributed by atoms with Gasteiger partial charge in [-0.3, -0.25) is 9.79 Å². The van der Waals surface area contributed by atoms with Gasteiger partial charge in [0.15, 0.2) is 0 Å². The highest BCUT2D eigenvalue weighted by molar-refractivity contribution is 6.41. The van der Waals surface area contributed by atoms with Crippen LogP contribution < -0.4 is 10.3 Å². The zero-order valence-corrected chi connectivity index (χ0v) is 21.4. The summed E-state index contributed by atoms with van der Waals surface area (Å²) in [6, 6.07) is 9.54. The zero-order chi connectivity index (χ0) is 24.1. The summed E-state index contributed by atoms with van der Waals surface area (Å²) in [5.41, 5.74) is 5.52. The molecule has 1 aliphatic heterocycles. The van der Waals surface area contributed by atoms with Crippen molar-refractivity contribution < 1.29 is 4.79 Å². The first-order valence-electron chi connectivity index (χ1n) is 10.8. The van der Waals surface area contributed by atoms with E-state index in [1.54, 1.807) is 30.4 Å². The monoisotopic (exact) mass is 504 g/mol. The van der Waals surface area contributed by atoms with E-state index in [0.717, 1.165) is 17.7 Å². The number of hydrogen-bond donors (Lipinski definition) is 1. The number of amidine groups is 1. The number of nitrogens with one attached hydrogen (secondary N) is 1. The molecular formula is C25H27Cl3N4O. The van der Waals surface area contributed by atoms with E-state index in [4.69, 9.17) is 34.8 Å². The summed E-state index contributed by atoms with van der Waals surface area (Å²) in [4.78, 5) is 17.5. The number of benzene rings is 2. The van der Waals surface area contributed by atoms with Crippen molar-refractivity contribution in [1.29, 1.82) is 0 Å². The molecule has 8 heteroatoms. The van der Waals surface area contributed by atoms with Crippen molar-refractivity contribution in [1.82, 2.24) is 5.32 Å². The molecule has 5 nitrogen and oxygen atoms in total. The first-order valence-corrected chi connectivity index (χ1v) is 11.9. The topological polar surface area (TPSA) is 57.1 Å². The molecule has 1 amide bonds. The van der Waals surface area contributed by atoms with Crippen LogP contribution in [0.25, 0.3) is 0 Å². The molecule has 0 aliphatic carbocycles. The number of carbonyl (C=O) groups excluding carboxylic acids is 1. The Hall–Kier alpha value is -2.34. The molecule has 0 aromatic heterocycles. The van der Waals surface area contributed by atoms with Gasteiger partial charge in [-0.2, -0.15) is 5.10 Å². The fourth-order valence-corrected chi connectivity index (χ4v) is 4.62. The molecular weight excluding hydrogens is 479 g/mol. The molecule has 1 aliphatic rings. The second-order valence-corrected chi connectivity index (χ2v) is 9.08. The van der Waals surface area contributed by atoms with Gasteiger partial charge in [0, 0.05) is 42.4 Å². The number of halogens is 3. The standard InChI is InChI=1S/C25H27Cl3N4O/c1-5-17-9-16(8-7-15(17)3)10-23(29-4)30-25(33)18-11-20(6-2)31-32(14-18)24-21(27)12-19(26)13-22(24)28/h7-9,12-14H,5-6,10-11H2,1-4H3,(H,29,30,33). The minimum atomic E-state index is -0.231. The summed E-state index contributed by atoms with van der Waals surface area (Å²) in [6.45, 7) is 6.23. The quantitative estimate of drug-likeness (QED) is 0.348. The van der Waals surface area contributed by atoms with Crippen molar-refractivity contribution in [2.45, 2.75) is 46.5 Å². The van der Waals surface area contributed by atoms with Gasteiger partial charge in [0.05, 0.1) is 10.0 Å². The molecule has 0 fully saturated rings. The number of anilines is 1. The van der Waals surface area contributed by atoms with Gasteiger partial charge in [-0.15, -0.1) is 0 Å². The number of hydrazone groups is 1. The van der Waals surface area contributed by atoms with Crippen LogP contribution in [0, 0.1) is 6.92 Å². The minimum Gasteiger partial charge on any atom is -0.310 e. The number of aliphatic imine (C=N–C) groups is 1. The molecule has 0 unspecified atom stereocenters. The van der Waals surface area contributed by atoms with Crippen LogP contribution in [-0.2, 0) is 17.6 Å². The maximum absolute atomic E-state index is 13.2. The van der Waals surface area contributed by atoms with Crippen molar-refractivity contribution in [3.05, 3.63) is 73.9 Å². The number of rotatable bonds is 6. The molecule has 1 N–H and O–H groups in total. The minimum absolute atomic E-state index is 0.231. The number of aryl methyl sites for hydroxylation is 2. The van der Waals surface area contributed by atoms with Crippen LogP contribution in [0.3, 0.4) is 0 Å². The smallest absolute Gasteiger partial charge is 0.254 e. The van der Waals surface area contributed by atoms with Crippen LogP contribution in [0.4, 0.5) is 5.69 Å². The summed E-state index contributed by atoms with van der Waals surface area (Å²) >= 11 is 18.8. The summed E-state index contributed by atoms with van der Waals surface area (Å²) in [6.07, 6.45) is 4.27. The molecule has 2 aromatic rings. The van der Waals surface area contributed by atoms with E-state index in [2.05, 4.69) is 47.5 Å². The first kappa shape index (κ1) is 25.3. The van der Waals surface area contributed by atoms with Crippen LogP contribution in [-0.4, -0.2) is 24.5 Å². The Bertz CT molecular complexity index is 1130. The van der Waals surface area contributed by atoms with Crippen LogP contribution in [0.1, 0.15) is 43.4 Å². The average Bonchev–Trinajstić information content (AvgIpc) is 2.78. The maximum Gasteiger partial charge on any atom is 0.254 e. The largest absolute Gasteiger partial charge is 0.310 e. The van der Waals surface area contributed by atoms with Gasteiger partial charge in [-0.25, -0.2) is 5.01 Å². The molecule has 0 atom stereocenters. The Morgan fingerprint density at radius 3 is 2.42 bits per heavy atom. The van der Waals surface area contributed by atoms with Gasteiger partial charge in [0.25, 0.3) is 5.91 Å². The molecule has 174 valence electrons. The molecule has 2 aromatic carbocycles. The van der Waals surface area contributed by atoms with Crippen molar-refractivity contribution >= 4 is 57.9 Å². The van der Waals surface area contributed by atoms with E-state index in [-0.39, 0.29) is 5.91 Å². The predicted molar refractivity (Wildman–Crippen MR) is 140 cm³/mol. The molecule has 0 saturated carbocycles. The lowest BCUT2D eigenvalue weighted by atomic mass is 10.0. The third-order valence-corrected chi connectivity index (χ3v) is 6.32. The Morgan fingerprint density at radius 2 is 1.82 bits per heavy atom. The van der Waals surface area contributed by atoms with Gasteiger partial charge in [-0.1, -0.05) is 66.8 Å². The maximum atomic E-state index is 13.2. The van der Waals surface area contributed by atoms with Crippen molar-refractivity contribution in [2.24, 2.45) is 10.1 Å². The third kappa shape index (κ3) is 6.17. The number of hydrogen-bond acceptors (Lipinski definition) is 4. The van der Waals surface area contributed by atoms with Crippen molar-refractivity contribution in [3.8, 4) is 0 Å². The molecule has 0 spiro atoms. The second kappa shape index (κ2) is 11.2. The van der Waals surface area contributed by atoms with E-state index >= 15 is 0 Å². The lowest BCUT2D eigenvalue weighted by Gasteiger charge is -2.25. The molecule has 1 heterocycles. The fourth-order valence-electron chi connectivity index (χ4n) is 3.63. The lowest BCUT2D eigenvalue weighted by molar-refractivity contribution is -0.116. The van der Waals surface area contributed by atoms with Crippen molar-refractivity contribution in [3.63, 3.8) is 0 Å². The van der Waals surface area contributed by atoms with E-state index in [1.807, 2.05) is 6.92 Å². The van der Waals surface area contributed by atoms with Gasteiger partial charge >= 0.3 is 0 Å². The highest BCUT2D eigenvalue weighted by Crippen LogP contribution is 2.38. The molecule has 33 heavy (non-hydrogen) atoms. The molecule has 0 saturated heterocycles. The Balaban J connectivity index is 1.83. The van der Waals surface area contributed by atoms with Crippen LogP contribution in [0.5, 0.6) is 0 Å². The SMILES string of the molecule is CCC1=NN(c2c(Cl)cc(Cl)cc2Cl)C=C(C(=O)NC(Cc2ccc(C)c(CC)c2)=NC)C1. The Morgan fingerprint density at radius 1 is 1.12 bits per heavy atom. The van der Waals surface area contributed by atoms with Crippen LogP contribution >= 0.6 is 34.8 Å². The number of nitrogens with zero attached hydrogens (tertiary/aromatic N) is 3. The Kier molecular flexibility index (Phi) is 8.57. The summed E-state index contributed by atoms with van der Waals surface area (Å²) in [7, 11) is 1.68. The third-order valence-electron chi connectivity index (χ3n) is 5.53. The van der Waals surface area contributed by atoms with E-state index in [9.17, 15) is 4.79 Å². The van der Waals surface area contributed by atoms with E-state index < -0.39 is 0 Å². The normalized spacial score (nSPS) is 14.2. The van der Waals surface area contributed by atoms with Gasteiger partial charge in [0.1, 0.15) is 11.5 Å². The van der Waals surface area contributed by atoms with Crippen LogP contribution in [0.2, 0.25) is 15.1 Å². The lowest BCUT2D eigenvalue weighted by Crippen LogP contribution is -2.35. The molecule has 0 radical (unpaired) electrons. The van der Waals surface area contributed by atoms with E-state index in [1.165, 1.54) is 11.1 Å². The summed E-state index contributed by atoms with van der Waals surface area (Å²) in [5.74, 6) is 0.368. The fraction of sp³-hybridized carbons (Fsp3) is 0.320. The van der Waals surface area contributed by atoms with Gasteiger partial charge < -0.3 is 5.32 Å². The summed E-state index contributed by atoms with van der Waals surface area (Å²) in [5, 5.41) is 10.3. The highest BCUT2D eigenvalue weighted by atomic mass is 35.5. The highest BCUT2D eigenvalue weighted by Gasteiger charge is 2.23. The molecule has 3 rings (SSSR count). The Labute approximate surface area is 210 Å². The predicted octanol–water partition coefficient (Wildman–Crippen LogP) is 6.76. The van der Waals surface area contributed by atoms with Crippen molar-refractivity contribution in [2.75, 3.05) is 12.1 Å². The number of amides is 1. The number of carbonyl (C=O) groups is 1. The first-order chi connectivity index (χ1) is 15.7. The molecule has 0 bridgehead atoms.